The highest BCUT2D eigenvalue weighted by Gasteiger charge is 2.42. The van der Waals surface area contributed by atoms with E-state index in [4.69, 9.17) is 13.9 Å². The van der Waals surface area contributed by atoms with E-state index in [2.05, 4.69) is 72.8 Å². The molecule has 0 bridgehead atoms. The van der Waals surface area contributed by atoms with Gasteiger partial charge in [-0.3, -0.25) is 0 Å². The Hall–Kier alpha value is -2.24. The summed E-state index contributed by atoms with van der Waals surface area (Å²) in [6.07, 6.45) is -0.334. The first-order chi connectivity index (χ1) is 14.2. The predicted octanol–water partition coefficient (Wildman–Crippen LogP) is 3.46. The molecule has 4 heteroatoms. The van der Waals surface area contributed by atoms with Crippen LogP contribution >= 0.6 is 0 Å². The van der Waals surface area contributed by atoms with Crippen LogP contribution in [0.3, 0.4) is 0 Å². The van der Waals surface area contributed by atoms with Crippen LogP contribution in [0.5, 0.6) is 0 Å². The third kappa shape index (κ3) is 5.22. The Bertz CT molecular complexity index is 743. The molecule has 3 nitrogen and oxygen atoms in total. The van der Waals surface area contributed by atoms with Crippen LogP contribution in [0.15, 0.2) is 91.0 Å². The highest BCUT2D eigenvalue weighted by molar-refractivity contribution is 7.07. The van der Waals surface area contributed by atoms with Crippen LogP contribution in [0.4, 0.5) is 0 Å². The lowest BCUT2D eigenvalue weighted by Crippen LogP contribution is -2.69. The molecular formula is C25H30O3Si. The second kappa shape index (κ2) is 10.5. The Kier molecular flexibility index (Phi) is 7.78. The number of rotatable bonds is 10. The van der Waals surface area contributed by atoms with E-state index >= 15 is 0 Å². The van der Waals surface area contributed by atoms with Gasteiger partial charge in [0.25, 0.3) is 8.32 Å². The zero-order valence-electron chi connectivity index (χ0n) is 17.5. The Labute approximate surface area is 175 Å². The zero-order chi connectivity index (χ0) is 20.5. The van der Waals surface area contributed by atoms with Gasteiger partial charge in [0.15, 0.2) is 6.29 Å². The minimum atomic E-state index is -2.68. The van der Waals surface area contributed by atoms with E-state index in [0.29, 0.717) is 13.2 Å². The van der Waals surface area contributed by atoms with E-state index in [1.165, 1.54) is 15.6 Å². The van der Waals surface area contributed by atoms with Gasteiger partial charge in [-0.1, -0.05) is 91.0 Å². The van der Waals surface area contributed by atoms with Crippen molar-refractivity contribution in [1.29, 1.82) is 0 Å². The summed E-state index contributed by atoms with van der Waals surface area (Å²) in [5.74, 6) is 0. The second-order valence-corrected chi connectivity index (χ2v) is 10.4. The lowest BCUT2D eigenvalue weighted by atomic mass is 10.3. The monoisotopic (exact) mass is 406 g/mol. The molecule has 0 saturated heterocycles. The molecule has 0 aliphatic carbocycles. The normalized spacial score (nSPS) is 13.8. The summed E-state index contributed by atoms with van der Waals surface area (Å²) in [5, 5.41) is 3.67. The Balaban J connectivity index is 2.01. The topological polar surface area (TPSA) is 27.7 Å². The van der Waals surface area contributed by atoms with E-state index in [-0.39, 0.29) is 12.4 Å². The van der Waals surface area contributed by atoms with Gasteiger partial charge in [-0.15, -0.1) is 0 Å². The van der Waals surface area contributed by atoms with E-state index in [1.807, 2.05) is 39.0 Å². The largest absolute Gasteiger partial charge is 0.402 e. The van der Waals surface area contributed by atoms with Crippen LogP contribution in [0.1, 0.15) is 20.8 Å². The maximum atomic E-state index is 6.89. The summed E-state index contributed by atoms with van der Waals surface area (Å²) in [6.45, 7) is 7.05. The summed E-state index contributed by atoms with van der Waals surface area (Å²) >= 11 is 0. The van der Waals surface area contributed by atoms with Gasteiger partial charge in [0.05, 0.1) is 12.7 Å². The summed E-state index contributed by atoms with van der Waals surface area (Å²) in [6, 6.07) is 31.8. The summed E-state index contributed by atoms with van der Waals surface area (Å²) in [5.41, 5.74) is 0. The molecule has 3 aromatic carbocycles. The van der Waals surface area contributed by atoms with Gasteiger partial charge in [0, 0.05) is 6.61 Å². The highest BCUT2D eigenvalue weighted by Crippen LogP contribution is 2.12. The Morgan fingerprint density at radius 1 is 0.690 bits per heavy atom. The third-order valence-electron chi connectivity index (χ3n) is 4.90. The zero-order valence-corrected chi connectivity index (χ0v) is 18.5. The molecular weight excluding hydrogens is 376 g/mol. The number of benzene rings is 3. The van der Waals surface area contributed by atoms with Gasteiger partial charge in [-0.25, -0.2) is 0 Å². The minimum absolute atomic E-state index is 0.0837. The second-order valence-electron chi connectivity index (χ2n) is 7.06. The Morgan fingerprint density at radius 2 is 1.10 bits per heavy atom. The maximum Gasteiger partial charge on any atom is 0.288 e. The van der Waals surface area contributed by atoms with Gasteiger partial charge in [-0.2, -0.15) is 0 Å². The van der Waals surface area contributed by atoms with Gasteiger partial charge in [0.2, 0.25) is 0 Å². The average Bonchev–Trinajstić information content (AvgIpc) is 2.76. The molecule has 3 rings (SSSR count). The molecule has 0 heterocycles. The number of hydrogen-bond acceptors (Lipinski definition) is 3. The molecule has 152 valence electrons. The maximum absolute atomic E-state index is 6.89. The average molecular weight is 407 g/mol. The van der Waals surface area contributed by atoms with Gasteiger partial charge in [0.1, 0.15) is 0 Å². The molecule has 0 saturated carbocycles. The molecule has 29 heavy (non-hydrogen) atoms. The fourth-order valence-electron chi connectivity index (χ4n) is 3.65. The van der Waals surface area contributed by atoms with Crippen LogP contribution in [-0.2, 0) is 13.9 Å². The van der Waals surface area contributed by atoms with Gasteiger partial charge < -0.3 is 13.9 Å². The molecule has 1 unspecified atom stereocenters. The fraction of sp³-hybridized carbons (Fsp3) is 0.280. The first-order valence-electron chi connectivity index (χ1n) is 10.2. The van der Waals surface area contributed by atoms with Crippen LogP contribution in [0, 0.1) is 0 Å². The van der Waals surface area contributed by atoms with Crippen molar-refractivity contribution in [2.45, 2.75) is 33.2 Å². The first kappa shape index (κ1) is 21.5. The fourth-order valence-corrected chi connectivity index (χ4v) is 7.62. The minimum Gasteiger partial charge on any atom is -0.402 e. The van der Waals surface area contributed by atoms with E-state index in [9.17, 15) is 0 Å². The summed E-state index contributed by atoms with van der Waals surface area (Å²) in [4.78, 5) is 0. The van der Waals surface area contributed by atoms with Crippen molar-refractivity contribution in [2.75, 3.05) is 13.2 Å². The lowest BCUT2D eigenvalue weighted by molar-refractivity contribution is -0.159. The molecule has 0 aliphatic rings. The van der Waals surface area contributed by atoms with Gasteiger partial charge >= 0.3 is 0 Å². The molecule has 2 atom stereocenters. The van der Waals surface area contributed by atoms with Crippen molar-refractivity contribution in [1.82, 2.24) is 0 Å². The standard InChI is InChI=1S/C25H30O3Si/c1-4-26-22(3)28-21(2)20-27-29(23-14-8-5-9-15-23,24-16-10-6-11-17-24)25-18-12-7-13-19-25/h5-19,21-22H,4,20H2,1-3H3/t21-,22?/m0/s1. The Morgan fingerprint density at radius 3 is 1.48 bits per heavy atom. The number of hydrogen-bond donors (Lipinski definition) is 0. The van der Waals surface area contributed by atoms with Crippen LogP contribution < -0.4 is 15.6 Å². The van der Waals surface area contributed by atoms with E-state index < -0.39 is 8.32 Å². The molecule has 0 radical (unpaired) electrons. The lowest BCUT2D eigenvalue weighted by Gasteiger charge is -2.34. The third-order valence-corrected chi connectivity index (χ3v) is 8.94. The molecule has 0 amide bonds. The van der Waals surface area contributed by atoms with Crippen molar-refractivity contribution >= 4 is 23.9 Å². The predicted molar refractivity (Wildman–Crippen MR) is 122 cm³/mol. The molecule has 0 spiro atoms. The quantitative estimate of drug-likeness (QED) is 0.293. The van der Waals surface area contributed by atoms with Crippen LogP contribution in [0.2, 0.25) is 0 Å². The van der Waals surface area contributed by atoms with Gasteiger partial charge in [-0.05, 0) is 36.3 Å². The SMILES string of the molecule is CCOC(C)O[C@@H](C)CO[Si](c1ccccc1)(c1ccccc1)c1ccccc1. The van der Waals surface area contributed by atoms with Crippen molar-refractivity contribution < 1.29 is 13.9 Å². The molecule has 0 aliphatic heterocycles. The van der Waals surface area contributed by atoms with E-state index in [0.717, 1.165) is 0 Å². The molecule has 3 aromatic rings. The van der Waals surface area contributed by atoms with E-state index in [1.54, 1.807) is 0 Å². The first-order valence-corrected chi connectivity index (χ1v) is 12.1. The van der Waals surface area contributed by atoms with Crippen molar-refractivity contribution in [3.63, 3.8) is 0 Å². The number of ether oxygens (including phenoxy) is 2. The van der Waals surface area contributed by atoms with Crippen molar-refractivity contribution in [3.05, 3.63) is 91.0 Å². The summed E-state index contributed by atoms with van der Waals surface area (Å²) in [7, 11) is -2.68. The molecule has 0 fully saturated rings. The summed E-state index contributed by atoms with van der Waals surface area (Å²) < 4.78 is 18.4. The highest BCUT2D eigenvalue weighted by atomic mass is 28.4. The molecule has 0 aromatic heterocycles. The molecule has 0 N–H and O–H groups in total. The van der Waals surface area contributed by atoms with Crippen molar-refractivity contribution in [2.24, 2.45) is 0 Å². The van der Waals surface area contributed by atoms with Crippen LogP contribution in [0.25, 0.3) is 0 Å². The smallest absolute Gasteiger partial charge is 0.288 e. The van der Waals surface area contributed by atoms with Crippen LogP contribution in [-0.4, -0.2) is 33.9 Å². The van der Waals surface area contributed by atoms with Crippen molar-refractivity contribution in [3.8, 4) is 0 Å².